The Morgan fingerprint density at radius 2 is 1.94 bits per heavy atom. The number of aryl methyl sites for hydroxylation is 2. The average Bonchev–Trinajstić information content (AvgIpc) is 3.38. The second kappa shape index (κ2) is 7.62. The number of nitrogens with zero attached hydrogens (tertiary/aromatic N) is 3. The summed E-state index contributed by atoms with van der Waals surface area (Å²) in [5.41, 5.74) is 1.65. The van der Waals surface area contributed by atoms with Crippen LogP contribution in [0.15, 0.2) is 36.4 Å². The number of hydrogen-bond donors (Lipinski definition) is 1. The highest BCUT2D eigenvalue weighted by Gasteiger charge is 2.39. The zero-order valence-electron chi connectivity index (χ0n) is 18.2. The lowest BCUT2D eigenvalue weighted by Crippen LogP contribution is -2.36. The van der Waals surface area contributed by atoms with Gasteiger partial charge in [0.1, 0.15) is 0 Å². The van der Waals surface area contributed by atoms with Crippen LogP contribution in [-0.2, 0) is 10.9 Å². The van der Waals surface area contributed by atoms with E-state index >= 15 is 0 Å². The quantitative estimate of drug-likeness (QED) is 0.585. The van der Waals surface area contributed by atoms with Gasteiger partial charge in [-0.1, -0.05) is 24.3 Å². The van der Waals surface area contributed by atoms with Crippen molar-refractivity contribution in [2.75, 3.05) is 23.4 Å². The Bertz CT molecular complexity index is 1180. The molecular formula is C24H25F3N4O. The summed E-state index contributed by atoms with van der Waals surface area (Å²) in [6, 6.07) is 10.6. The van der Waals surface area contributed by atoms with E-state index < -0.39 is 17.8 Å². The molecule has 1 aromatic heterocycles. The van der Waals surface area contributed by atoms with Gasteiger partial charge in [0.25, 0.3) is 0 Å². The molecule has 168 valence electrons. The van der Waals surface area contributed by atoms with Gasteiger partial charge in [-0.05, 0) is 50.5 Å². The molecule has 5 nitrogen and oxygen atoms in total. The molecule has 3 heterocycles. The predicted molar refractivity (Wildman–Crippen MR) is 118 cm³/mol. The Morgan fingerprint density at radius 1 is 1.12 bits per heavy atom. The van der Waals surface area contributed by atoms with Crippen molar-refractivity contribution in [2.45, 2.75) is 51.6 Å². The molecule has 0 saturated carbocycles. The summed E-state index contributed by atoms with van der Waals surface area (Å²) in [6.45, 7) is 6.67. The van der Waals surface area contributed by atoms with Crippen LogP contribution in [0.2, 0.25) is 0 Å². The number of hydrogen-bond acceptors (Lipinski definition) is 5. The van der Waals surface area contributed by atoms with Crippen molar-refractivity contribution in [2.24, 2.45) is 0 Å². The molecule has 32 heavy (non-hydrogen) atoms. The van der Waals surface area contributed by atoms with Gasteiger partial charge in [0.15, 0.2) is 5.82 Å². The van der Waals surface area contributed by atoms with Gasteiger partial charge < -0.3 is 15.0 Å². The van der Waals surface area contributed by atoms with Gasteiger partial charge in [-0.15, -0.1) is 5.10 Å². The standard InChI is InChI=1S/C24H25F3N4O/c1-13-5-4-6-20(22(13)24(25,26)27)14(2)28-23-21-10-16(7-8-19(21)15(3)29-30-23)31-11-18-9-17(31)12-32-18/h4-8,10,14,17-18H,9,11-12H2,1-3H3,(H,28,30)/t14-,17-,18-/m1/s1. The largest absolute Gasteiger partial charge is 0.417 e. The highest BCUT2D eigenvalue weighted by Crippen LogP contribution is 2.39. The molecule has 2 aliphatic rings. The van der Waals surface area contributed by atoms with Crippen LogP contribution in [-0.4, -0.2) is 35.5 Å². The third kappa shape index (κ3) is 3.56. The number of nitrogens with one attached hydrogen (secondary N) is 1. The normalized spacial score (nSPS) is 21.4. The van der Waals surface area contributed by atoms with Gasteiger partial charge in [-0.3, -0.25) is 0 Å². The Balaban J connectivity index is 1.53. The molecule has 2 fully saturated rings. The molecule has 1 N–H and O–H groups in total. The zero-order valence-corrected chi connectivity index (χ0v) is 18.2. The third-order valence-corrected chi connectivity index (χ3v) is 6.59. The minimum absolute atomic E-state index is 0.193. The van der Waals surface area contributed by atoms with Crippen LogP contribution in [0.5, 0.6) is 0 Å². The molecule has 0 radical (unpaired) electrons. The summed E-state index contributed by atoms with van der Waals surface area (Å²) < 4.78 is 46.9. The molecule has 0 spiro atoms. The van der Waals surface area contributed by atoms with Crippen LogP contribution < -0.4 is 10.2 Å². The topological polar surface area (TPSA) is 50.3 Å². The van der Waals surface area contributed by atoms with Crippen LogP contribution in [0, 0.1) is 13.8 Å². The Labute approximate surface area is 184 Å². The first kappa shape index (κ1) is 21.0. The highest BCUT2D eigenvalue weighted by molar-refractivity contribution is 5.95. The molecule has 2 aliphatic heterocycles. The van der Waals surface area contributed by atoms with Crippen LogP contribution in [0.25, 0.3) is 10.8 Å². The van der Waals surface area contributed by atoms with E-state index in [0.717, 1.165) is 41.7 Å². The Morgan fingerprint density at radius 3 is 2.62 bits per heavy atom. The maximum absolute atomic E-state index is 13.7. The summed E-state index contributed by atoms with van der Waals surface area (Å²) in [6.07, 6.45) is -3.13. The van der Waals surface area contributed by atoms with E-state index in [1.54, 1.807) is 13.0 Å². The fourth-order valence-corrected chi connectivity index (χ4v) is 5.00. The summed E-state index contributed by atoms with van der Waals surface area (Å²) in [5.74, 6) is 0.482. The molecule has 3 aromatic rings. The average molecular weight is 442 g/mol. The van der Waals surface area contributed by atoms with Crippen LogP contribution in [0.3, 0.4) is 0 Å². The van der Waals surface area contributed by atoms with E-state index in [1.807, 2.05) is 13.0 Å². The van der Waals surface area contributed by atoms with E-state index in [1.165, 1.54) is 19.1 Å². The van der Waals surface area contributed by atoms with Gasteiger partial charge in [0.05, 0.1) is 36.1 Å². The number of alkyl halides is 3. The molecule has 2 saturated heterocycles. The maximum atomic E-state index is 13.7. The highest BCUT2D eigenvalue weighted by atomic mass is 19.4. The van der Waals surface area contributed by atoms with Crippen molar-refractivity contribution in [1.82, 2.24) is 10.2 Å². The van der Waals surface area contributed by atoms with Gasteiger partial charge >= 0.3 is 6.18 Å². The van der Waals surface area contributed by atoms with Crippen LogP contribution >= 0.6 is 0 Å². The lowest BCUT2D eigenvalue weighted by atomic mass is 9.96. The minimum Gasteiger partial charge on any atom is -0.374 e. The minimum atomic E-state index is -4.43. The fraction of sp³-hybridized carbons (Fsp3) is 0.417. The first-order chi connectivity index (χ1) is 15.2. The predicted octanol–water partition coefficient (Wildman–Crippen LogP) is 5.42. The first-order valence-corrected chi connectivity index (χ1v) is 10.8. The molecule has 5 rings (SSSR count). The number of anilines is 2. The van der Waals surface area contributed by atoms with Crippen LogP contribution in [0.1, 0.15) is 41.8 Å². The second-order valence-corrected chi connectivity index (χ2v) is 8.76. The molecular weight excluding hydrogens is 417 g/mol. The molecule has 0 unspecified atom stereocenters. The van der Waals surface area contributed by atoms with Crippen molar-refractivity contribution in [3.8, 4) is 0 Å². The van der Waals surface area contributed by atoms with Crippen LogP contribution in [0.4, 0.5) is 24.7 Å². The number of aromatic nitrogens is 2. The second-order valence-electron chi connectivity index (χ2n) is 8.76. The monoisotopic (exact) mass is 442 g/mol. The molecule has 8 heteroatoms. The summed E-state index contributed by atoms with van der Waals surface area (Å²) >= 11 is 0. The SMILES string of the molecule is Cc1cccc([C@@H](C)Nc2nnc(C)c3ccc(N4C[C@H]5C[C@@H]4CO5)cc23)c1C(F)(F)F. The molecule has 3 atom stereocenters. The zero-order chi connectivity index (χ0) is 22.6. The van der Waals surface area contributed by atoms with Crippen molar-refractivity contribution >= 4 is 22.3 Å². The molecule has 2 aromatic carbocycles. The van der Waals surface area contributed by atoms with Gasteiger partial charge in [0, 0.05) is 23.0 Å². The van der Waals surface area contributed by atoms with Crippen molar-refractivity contribution in [3.63, 3.8) is 0 Å². The van der Waals surface area contributed by atoms with E-state index in [0.29, 0.717) is 11.9 Å². The van der Waals surface area contributed by atoms with Crippen molar-refractivity contribution < 1.29 is 17.9 Å². The molecule has 0 amide bonds. The third-order valence-electron chi connectivity index (χ3n) is 6.59. The lowest BCUT2D eigenvalue weighted by molar-refractivity contribution is -0.138. The maximum Gasteiger partial charge on any atom is 0.417 e. The Kier molecular flexibility index (Phi) is 5.00. The molecule has 2 bridgehead atoms. The molecule has 0 aliphatic carbocycles. The van der Waals surface area contributed by atoms with Gasteiger partial charge in [-0.25, -0.2) is 0 Å². The summed E-state index contributed by atoms with van der Waals surface area (Å²) in [4.78, 5) is 2.35. The van der Waals surface area contributed by atoms with Gasteiger partial charge in [0.2, 0.25) is 0 Å². The van der Waals surface area contributed by atoms with E-state index in [9.17, 15) is 13.2 Å². The lowest BCUT2D eigenvalue weighted by Gasteiger charge is -2.29. The van der Waals surface area contributed by atoms with E-state index in [2.05, 4.69) is 32.5 Å². The Hall–Kier alpha value is -2.87. The smallest absolute Gasteiger partial charge is 0.374 e. The number of fused-ring (bicyclic) bond motifs is 3. The van der Waals surface area contributed by atoms with E-state index in [4.69, 9.17) is 4.74 Å². The van der Waals surface area contributed by atoms with Crippen molar-refractivity contribution in [1.29, 1.82) is 0 Å². The number of halogens is 3. The fourth-order valence-electron chi connectivity index (χ4n) is 5.00. The van der Waals surface area contributed by atoms with E-state index in [-0.39, 0.29) is 17.2 Å². The number of benzene rings is 2. The first-order valence-electron chi connectivity index (χ1n) is 10.8. The summed E-state index contributed by atoms with van der Waals surface area (Å²) in [7, 11) is 0. The number of ether oxygens (including phenoxy) is 1. The number of rotatable bonds is 4. The summed E-state index contributed by atoms with van der Waals surface area (Å²) in [5, 5.41) is 13.5. The number of morpholine rings is 1. The van der Waals surface area contributed by atoms with Crippen molar-refractivity contribution in [3.05, 3.63) is 58.8 Å². The van der Waals surface area contributed by atoms with Gasteiger partial charge in [-0.2, -0.15) is 18.3 Å².